The second kappa shape index (κ2) is 12.7. The van der Waals surface area contributed by atoms with Gasteiger partial charge in [0.25, 0.3) is 5.69 Å². The molecule has 0 bridgehead atoms. The second-order valence-electron chi connectivity index (χ2n) is 8.00. The van der Waals surface area contributed by atoms with E-state index in [1.54, 1.807) is 25.1 Å². The molecule has 2 rings (SSSR count). The Morgan fingerprint density at radius 1 is 1.22 bits per heavy atom. The summed E-state index contributed by atoms with van der Waals surface area (Å²) in [6.45, 7) is 3.20. The topological polar surface area (TPSA) is 139 Å². The van der Waals surface area contributed by atoms with Gasteiger partial charge in [-0.25, -0.2) is 8.42 Å². The third-order valence-corrected chi connectivity index (χ3v) is 6.90. The molecule has 1 N–H and O–H groups in total. The minimum atomic E-state index is -4.09. The average molecular weight is 585 g/mol. The number of non-ortho nitro benzene ring substituents is 1. The number of amides is 2. The largest absolute Gasteiger partial charge is 0.495 e. The number of hydrogen-bond acceptors (Lipinski definition) is 7. The molecule has 0 aliphatic carbocycles. The maximum absolute atomic E-state index is 13.6. The lowest BCUT2D eigenvalue weighted by Gasteiger charge is -2.31. The molecule has 0 fully saturated rings. The Morgan fingerprint density at radius 3 is 2.47 bits per heavy atom. The van der Waals surface area contributed by atoms with E-state index in [-0.39, 0.29) is 29.6 Å². The quantitative estimate of drug-likeness (QED) is 0.298. The predicted molar refractivity (Wildman–Crippen MR) is 139 cm³/mol. The Hall–Kier alpha value is -3.19. The van der Waals surface area contributed by atoms with E-state index in [9.17, 15) is 28.1 Å². The molecule has 2 aromatic rings. The highest BCUT2D eigenvalue weighted by Crippen LogP contribution is 2.34. The van der Waals surface area contributed by atoms with Gasteiger partial charge < -0.3 is 15.0 Å². The van der Waals surface area contributed by atoms with Crippen LogP contribution in [-0.2, 0) is 26.2 Å². The number of carbonyl (C=O) groups excluding carboxylic acids is 2. The predicted octanol–water partition coefficient (Wildman–Crippen LogP) is 3.08. The molecule has 2 amide bonds. The van der Waals surface area contributed by atoms with Crippen molar-refractivity contribution in [3.05, 3.63) is 62.6 Å². The van der Waals surface area contributed by atoms with Gasteiger partial charge in [0.2, 0.25) is 21.8 Å². The molecular formula is C23H29BrN4O7S. The zero-order valence-corrected chi connectivity index (χ0v) is 22.8. The van der Waals surface area contributed by atoms with Crippen LogP contribution in [0.15, 0.2) is 46.9 Å². The molecule has 1 atom stereocenters. The van der Waals surface area contributed by atoms with E-state index in [4.69, 9.17) is 4.74 Å². The molecule has 0 saturated heterocycles. The Bertz CT molecular complexity index is 1220. The van der Waals surface area contributed by atoms with E-state index in [0.717, 1.165) is 21.1 Å². The highest BCUT2D eigenvalue weighted by atomic mass is 79.9. The molecule has 0 heterocycles. The van der Waals surface area contributed by atoms with Gasteiger partial charge in [0, 0.05) is 29.7 Å². The van der Waals surface area contributed by atoms with Crippen LogP contribution in [0.2, 0.25) is 0 Å². The molecular weight excluding hydrogens is 556 g/mol. The highest BCUT2D eigenvalue weighted by Gasteiger charge is 2.32. The van der Waals surface area contributed by atoms with Gasteiger partial charge in [-0.05, 0) is 37.1 Å². The molecule has 0 spiro atoms. The van der Waals surface area contributed by atoms with Crippen molar-refractivity contribution in [3.63, 3.8) is 0 Å². The van der Waals surface area contributed by atoms with Gasteiger partial charge in [-0.15, -0.1) is 0 Å². The first-order chi connectivity index (χ1) is 16.9. The number of hydrogen-bond donors (Lipinski definition) is 1. The summed E-state index contributed by atoms with van der Waals surface area (Å²) >= 11 is 3.38. The van der Waals surface area contributed by atoms with E-state index < -0.39 is 33.4 Å². The molecule has 0 saturated carbocycles. The van der Waals surface area contributed by atoms with Gasteiger partial charge in [0.1, 0.15) is 24.0 Å². The number of halogens is 1. The van der Waals surface area contributed by atoms with Crippen molar-refractivity contribution in [2.45, 2.75) is 32.9 Å². The van der Waals surface area contributed by atoms with Gasteiger partial charge in [0.05, 0.1) is 18.3 Å². The van der Waals surface area contributed by atoms with Crippen molar-refractivity contribution >= 4 is 49.1 Å². The lowest BCUT2D eigenvalue weighted by Crippen LogP contribution is -2.51. The first kappa shape index (κ1) is 29.0. The number of methoxy groups -OCH3 is 1. The number of nitrogens with one attached hydrogen (secondary N) is 1. The number of benzene rings is 2. The van der Waals surface area contributed by atoms with Crippen LogP contribution in [0.4, 0.5) is 11.4 Å². The van der Waals surface area contributed by atoms with E-state index in [2.05, 4.69) is 21.2 Å². The van der Waals surface area contributed by atoms with Crippen LogP contribution in [0, 0.1) is 10.1 Å². The Morgan fingerprint density at radius 2 is 1.92 bits per heavy atom. The number of nitro groups is 1. The summed E-state index contributed by atoms with van der Waals surface area (Å²) in [5, 5.41) is 14.1. The van der Waals surface area contributed by atoms with Crippen LogP contribution in [0.5, 0.6) is 5.75 Å². The van der Waals surface area contributed by atoms with E-state index in [1.807, 2.05) is 13.0 Å². The van der Waals surface area contributed by atoms with Gasteiger partial charge in [-0.2, -0.15) is 0 Å². The van der Waals surface area contributed by atoms with Crippen molar-refractivity contribution in [1.29, 1.82) is 0 Å². The number of anilines is 1. The van der Waals surface area contributed by atoms with Crippen molar-refractivity contribution in [2.24, 2.45) is 0 Å². The number of ether oxygens (including phenoxy) is 1. The fraction of sp³-hybridized carbons (Fsp3) is 0.391. The zero-order chi connectivity index (χ0) is 27.0. The normalized spacial score (nSPS) is 11.9. The summed E-state index contributed by atoms with van der Waals surface area (Å²) in [5.74, 6) is -1.03. The van der Waals surface area contributed by atoms with Crippen LogP contribution >= 0.6 is 15.9 Å². The van der Waals surface area contributed by atoms with Crippen molar-refractivity contribution in [2.75, 3.05) is 30.8 Å². The molecule has 0 aromatic heterocycles. The van der Waals surface area contributed by atoms with Crippen molar-refractivity contribution in [3.8, 4) is 5.75 Å². The summed E-state index contributed by atoms with van der Waals surface area (Å²) in [7, 11) is -2.80. The summed E-state index contributed by atoms with van der Waals surface area (Å²) < 4.78 is 32.2. The number of nitrogens with zero attached hydrogens (tertiary/aromatic N) is 3. The highest BCUT2D eigenvalue weighted by molar-refractivity contribution is 9.10. The summed E-state index contributed by atoms with van der Waals surface area (Å²) in [5.41, 5.74) is 0.185. The number of rotatable bonds is 12. The lowest BCUT2D eigenvalue weighted by atomic mass is 10.1. The molecule has 0 radical (unpaired) electrons. The van der Waals surface area contributed by atoms with Gasteiger partial charge >= 0.3 is 0 Å². The smallest absolute Gasteiger partial charge is 0.271 e. The van der Waals surface area contributed by atoms with Crippen LogP contribution in [0.25, 0.3) is 0 Å². The van der Waals surface area contributed by atoms with Gasteiger partial charge in [-0.3, -0.25) is 24.0 Å². The molecule has 1 unspecified atom stereocenters. The Kier molecular flexibility index (Phi) is 10.2. The molecule has 13 heteroatoms. The Labute approximate surface area is 218 Å². The minimum absolute atomic E-state index is 0.0304. The minimum Gasteiger partial charge on any atom is -0.495 e. The number of carbonyl (C=O) groups is 2. The lowest BCUT2D eigenvalue weighted by molar-refractivity contribution is -0.384. The average Bonchev–Trinajstić information content (AvgIpc) is 2.82. The number of sulfonamides is 1. The zero-order valence-electron chi connectivity index (χ0n) is 20.4. The van der Waals surface area contributed by atoms with Crippen molar-refractivity contribution < 1.29 is 27.7 Å². The first-order valence-electron chi connectivity index (χ1n) is 11.0. The summed E-state index contributed by atoms with van der Waals surface area (Å²) in [6.07, 6.45) is 1.58. The van der Waals surface area contributed by atoms with Gasteiger partial charge in [0.15, 0.2) is 0 Å². The van der Waals surface area contributed by atoms with Crippen LogP contribution in [0.3, 0.4) is 0 Å². The summed E-state index contributed by atoms with van der Waals surface area (Å²) in [6, 6.07) is 9.70. The molecule has 36 heavy (non-hydrogen) atoms. The Balaban J connectivity index is 2.50. The molecule has 196 valence electrons. The first-order valence-corrected chi connectivity index (χ1v) is 13.6. The van der Waals surface area contributed by atoms with E-state index in [1.165, 1.54) is 24.1 Å². The fourth-order valence-corrected chi connectivity index (χ4v) is 4.68. The standard InChI is InChI=1S/C23H29BrN4O7S/c1-5-11-25-23(30)16(2)26(14-17-7-6-8-18(24)12-17)22(29)15-27(36(4,33)34)20-13-19(28(31)32)9-10-21(20)35-3/h6-10,12-13,16H,5,11,14-15H2,1-4H3,(H,25,30). The fourth-order valence-electron chi connectivity index (χ4n) is 3.39. The van der Waals surface area contributed by atoms with Crippen LogP contribution < -0.4 is 14.4 Å². The molecule has 0 aliphatic heterocycles. The third kappa shape index (κ3) is 7.65. The maximum atomic E-state index is 13.6. The molecule has 2 aromatic carbocycles. The van der Waals surface area contributed by atoms with E-state index >= 15 is 0 Å². The van der Waals surface area contributed by atoms with E-state index in [0.29, 0.717) is 18.5 Å². The summed E-state index contributed by atoms with van der Waals surface area (Å²) in [4.78, 5) is 38.2. The van der Waals surface area contributed by atoms with Crippen molar-refractivity contribution in [1.82, 2.24) is 10.2 Å². The number of nitro benzene ring substituents is 1. The van der Waals surface area contributed by atoms with Crippen LogP contribution in [0.1, 0.15) is 25.8 Å². The third-order valence-electron chi connectivity index (χ3n) is 5.28. The SMILES string of the molecule is CCCNC(=O)C(C)N(Cc1cccc(Br)c1)C(=O)CN(c1cc([N+](=O)[O-])ccc1OC)S(C)(=O)=O. The van der Waals surface area contributed by atoms with Gasteiger partial charge in [-0.1, -0.05) is 35.0 Å². The maximum Gasteiger partial charge on any atom is 0.271 e. The molecule has 11 nitrogen and oxygen atoms in total. The van der Waals surface area contributed by atoms with Crippen LogP contribution in [-0.4, -0.2) is 62.6 Å². The molecule has 0 aliphatic rings. The second-order valence-corrected chi connectivity index (χ2v) is 10.8. The monoisotopic (exact) mass is 584 g/mol.